The summed E-state index contributed by atoms with van der Waals surface area (Å²) in [5.74, 6) is -2.79. The number of carbonyl (C=O) groups excluding carboxylic acids is 1. The van der Waals surface area contributed by atoms with Gasteiger partial charge in [-0.3, -0.25) is 4.79 Å². The Hall–Kier alpha value is -1.91. The van der Waals surface area contributed by atoms with Crippen molar-refractivity contribution in [1.82, 2.24) is 5.32 Å². The highest BCUT2D eigenvalue weighted by atomic mass is 19.1. The lowest BCUT2D eigenvalue weighted by molar-refractivity contribution is -0.140. The Morgan fingerprint density at radius 2 is 1.81 bits per heavy atom. The van der Waals surface area contributed by atoms with Crippen LogP contribution in [0, 0.1) is 11.7 Å². The Morgan fingerprint density at radius 3 is 2.24 bits per heavy atom. The van der Waals surface area contributed by atoms with Crippen LogP contribution in [0.15, 0.2) is 18.2 Å². The molecule has 5 heteroatoms. The predicted molar refractivity (Wildman–Crippen MR) is 78.8 cm³/mol. The minimum atomic E-state index is -1.13. The highest BCUT2D eigenvalue weighted by Gasteiger charge is 2.26. The molecule has 2 N–H and O–H groups in total. The fourth-order valence-electron chi connectivity index (χ4n) is 1.90. The summed E-state index contributed by atoms with van der Waals surface area (Å²) in [6.07, 6.45) is 0. The van der Waals surface area contributed by atoms with Crippen LogP contribution in [0.1, 0.15) is 50.5 Å². The second-order valence-electron chi connectivity index (χ2n) is 6.48. The number of nitrogens with one attached hydrogen (secondary N) is 1. The Kier molecular flexibility index (Phi) is 5.10. The summed E-state index contributed by atoms with van der Waals surface area (Å²) in [5.41, 5.74) is 0.451. The zero-order valence-electron chi connectivity index (χ0n) is 13.0. The molecule has 1 atom stereocenters. The molecule has 1 rings (SSSR count). The van der Waals surface area contributed by atoms with E-state index in [4.69, 9.17) is 5.11 Å². The van der Waals surface area contributed by atoms with Gasteiger partial charge in [0.1, 0.15) is 11.9 Å². The molecule has 0 saturated carbocycles. The quantitative estimate of drug-likeness (QED) is 0.897. The number of hydrogen-bond donors (Lipinski definition) is 2. The summed E-state index contributed by atoms with van der Waals surface area (Å²) in [4.78, 5) is 23.3. The normalized spacial score (nSPS) is 13.1. The first-order valence-electron chi connectivity index (χ1n) is 6.87. The first kappa shape index (κ1) is 17.1. The topological polar surface area (TPSA) is 66.4 Å². The Morgan fingerprint density at radius 1 is 1.24 bits per heavy atom. The fraction of sp³-hybridized carbons (Fsp3) is 0.500. The monoisotopic (exact) mass is 295 g/mol. The van der Waals surface area contributed by atoms with Crippen molar-refractivity contribution in [3.05, 3.63) is 35.1 Å². The number of rotatable bonds is 4. The molecular formula is C16H22FNO3. The van der Waals surface area contributed by atoms with Gasteiger partial charge in [-0.15, -0.1) is 0 Å². The highest BCUT2D eigenvalue weighted by molar-refractivity contribution is 5.97. The number of carbonyl (C=O) groups is 2. The Bertz CT molecular complexity index is 547. The minimum absolute atomic E-state index is 0.130. The summed E-state index contributed by atoms with van der Waals surface area (Å²) < 4.78 is 13.9. The van der Waals surface area contributed by atoms with Crippen LogP contribution >= 0.6 is 0 Å². The standard InChI is InChI=1S/C16H22FNO3/c1-9(2)13(15(20)21)18-14(19)11-8-10(16(3,4)5)6-7-12(11)17/h6-9,13H,1-5H3,(H,18,19)(H,20,21). The van der Waals surface area contributed by atoms with Gasteiger partial charge in [-0.05, 0) is 29.0 Å². The van der Waals surface area contributed by atoms with Gasteiger partial charge in [-0.1, -0.05) is 40.7 Å². The number of hydrogen-bond acceptors (Lipinski definition) is 2. The number of benzene rings is 1. The van der Waals surface area contributed by atoms with Crippen LogP contribution < -0.4 is 5.32 Å². The average molecular weight is 295 g/mol. The van der Waals surface area contributed by atoms with Crippen LogP contribution in [0.5, 0.6) is 0 Å². The molecule has 0 saturated heterocycles. The molecule has 0 radical (unpaired) electrons. The van der Waals surface area contributed by atoms with Gasteiger partial charge in [0, 0.05) is 0 Å². The van der Waals surface area contributed by atoms with Crippen molar-refractivity contribution in [3.63, 3.8) is 0 Å². The van der Waals surface area contributed by atoms with Gasteiger partial charge in [0.05, 0.1) is 5.56 Å². The van der Waals surface area contributed by atoms with Crippen LogP contribution in [-0.4, -0.2) is 23.0 Å². The van der Waals surface area contributed by atoms with Gasteiger partial charge in [0.25, 0.3) is 5.91 Å². The molecule has 1 aromatic rings. The van der Waals surface area contributed by atoms with Gasteiger partial charge in [0.2, 0.25) is 0 Å². The van der Waals surface area contributed by atoms with Crippen molar-refractivity contribution in [2.75, 3.05) is 0 Å². The van der Waals surface area contributed by atoms with Crippen molar-refractivity contribution < 1.29 is 19.1 Å². The zero-order valence-corrected chi connectivity index (χ0v) is 13.0. The molecule has 0 aliphatic heterocycles. The van der Waals surface area contributed by atoms with Gasteiger partial charge in [-0.25, -0.2) is 9.18 Å². The lowest BCUT2D eigenvalue weighted by Crippen LogP contribution is -2.44. The van der Waals surface area contributed by atoms with Crippen molar-refractivity contribution in [2.24, 2.45) is 5.92 Å². The lowest BCUT2D eigenvalue weighted by atomic mass is 9.86. The van der Waals surface area contributed by atoms with Gasteiger partial charge in [-0.2, -0.15) is 0 Å². The number of carboxylic acid groups (broad SMARTS) is 1. The Balaban J connectivity index is 3.10. The molecule has 0 aromatic heterocycles. The third-order valence-corrected chi connectivity index (χ3v) is 3.30. The molecular weight excluding hydrogens is 273 g/mol. The molecule has 0 spiro atoms. The Labute approximate surface area is 124 Å². The molecule has 1 amide bonds. The summed E-state index contributed by atoms with van der Waals surface area (Å²) >= 11 is 0. The second kappa shape index (κ2) is 6.24. The number of carboxylic acids is 1. The summed E-state index contributed by atoms with van der Waals surface area (Å²) in [7, 11) is 0. The average Bonchev–Trinajstić information content (AvgIpc) is 2.33. The third kappa shape index (κ3) is 4.28. The van der Waals surface area contributed by atoms with E-state index in [-0.39, 0.29) is 16.9 Å². The lowest BCUT2D eigenvalue weighted by Gasteiger charge is -2.21. The molecule has 0 fully saturated rings. The first-order valence-corrected chi connectivity index (χ1v) is 6.87. The number of aliphatic carboxylic acids is 1. The van der Waals surface area contributed by atoms with Crippen molar-refractivity contribution in [2.45, 2.75) is 46.1 Å². The molecule has 0 bridgehead atoms. The van der Waals surface area contributed by atoms with E-state index in [0.717, 1.165) is 5.56 Å². The summed E-state index contributed by atoms with van der Waals surface area (Å²) in [5, 5.41) is 11.5. The number of amides is 1. The zero-order chi connectivity index (χ0) is 16.4. The molecule has 0 aliphatic rings. The van der Waals surface area contributed by atoms with E-state index in [0.29, 0.717) is 0 Å². The maximum Gasteiger partial charge on any atom is 0.326 e. The van der Waals surface area contributed by atoms with Crippen LogP contribution in [0.3, 0.4) is 0 Å². The molecule has 1 aromatic carbocycles. The predicted octanol–water partition coefficient (Wildman–Crippen LogP) is 2.96. The maximum atomic E-state index is 13.9. The van der Waals surface area contributed by atoms with Crippen LogP contribution in [0.4, 0.5) is 4.39 Å². The van der Waals surface area contributed by atoms with Gasteiger partial charge < -0.3 is 10.4 Å². The molecule has 0 aliphatic carbocycles. The summed E-state index contributed by atoms with van der Waals surface area (Å²) in [6, 6.07) is 3.29. The van der Waals surface area contributed by atoms with E-state index >= 15 is 0 Å². The number of halogens is 1. The van der Waals surface area contributed by atoms with Gasteiger partial charge in [0.15, 0.2) is 0 Å². The van der Waals surface area contributed by atoms with Crippen LogP contribution in [-0.2, 0) is 10.2 Å². The van der Waals surface area contributed by atoms with E-state index in [1.807, 2.05) is 20.8 Å². The molecule has 1 unspecified atom stereocenters. The van der Waals surface area contributed by atoms with Crippen molar-refractivity contribution in [3.8, 4) is 0 Å². The molecule has 4 nitrogen and oxygen atoms in total. The van der Waals surface area contributed by atoms with Gasteiger partial charge >= 0.3 is 5.97 Å². The maximum absolute atomic E-state index is 13.9. The third-order valence-electron chi connectivity index (χ3n) is 3.30. The SMILES string of the molecule is CC(C)C(NC(=O)c1cc(C(C)(C)C)ccc1F)C(=O)O. The second-order valence-corrected chi connectivity index (χ2v) is 6.48. The van der Waals surface area contributed by atoms with E-state index in [2.05, 4.69) is 5.32 Å². The highest BCUT2D eigenvalue weighted by Crippen LogP contribution is 2.24. The van der Waals surface area contributed by atoms with Crippen LogP contribution in [0.2, 0.25) is 0 Å². The van der Waals surface area contributed by atoms with Crippen molar-refractivity contribution >= 4 is 11.9 Å². The fourth-order valence-corrected chi connectivity index (χ4v) is 1.90. The summed E-state index contributed by atoms with van der Waals surface area (Å²) in [6.45, 7) is 9.23. The largest absolute Gasteiger partial charge is 0.480 e. The van der Waals surface area contributed by atoms with E-state index in [1.54, 1.807) is 19.9 Å². The van der Waals surface area contributed by atoms with Crippen molar-refractivity contribution in [1.29, 1.82) is 0 Å². The smallest absolute Gasteiger partial charge is 0.326 e. The molecule has 0 heterocycles. The minimum Gasteiger partial charge on any atom is -0.480 e. The van der Waals surface area contributed by atoms with E-state index < -0.39 is 23.7 Å². The molecule has 116 valence electrons. The van der Waals surface area contributed by atoms with E-state index in [1.165, 1.54) is 12.1 Å². The van der Waals surface area contributed by atoms with E-state index in [9.17, 15) is 14.0 Å². The first-order chi connectivity index (χ1) is 9.54. The molecule has 21 heavy (non-hydrogen) atoms. The van der Waals surface area contributed by atoms with Crippen LogP contribution in [0.25, 0.3) is 0 Å².